The molecule has 1 aliphatic carbocycles. The van der Waals surface area contributed by atoms with Crippen molar-refractivity contribution >= 4 is 11.6 Å². The van der Waals surface area contributed by atoms with Crippen molar-refractivity contribution in [2.75, 3.05) is 0 Å². The van der Waals surface area contributed by atoms with E-state index >= 15 is 0 Å². The average Bonchev–Trinajstić information content (AvgIpc) is 3.08. The highest BCUT2D eigenvalue weighted by atomic mass is 16.2. The van der Waals surface area contributed by atoms with Crippen molar-refractivity contribution in [1.29, 1.82) is 0 Å². The maximum absolute atomic E-state index is 13.3. The second-order valence-corrected chi connectivity index (χ2v) is 9.08. The molecule has 4 rings (SSSR count). The Morgan fingerprint density at radius 2 is 1.81 bits per heavy atom. The number of nitrogens with one attached hydrogen (secondary N) is 1. The zero-order valence-corrected chi connectivity index (χ0v) is 19.3. The molecule has 0 bridgehead atoms. The number of hydrogen-bond acceptors (Lipinski definition) is 3. The number of hydrogen-bond donors (Lipinski definition) is 1. The van der Waals surface area contributed by atoms with Gasteiger partial charge in [0.15, 0.2) is 0 Å². The highest BCUT2D eigenvalue weighted by Gasteiger charge is 2.21. The molecule has 0 unspecified atom stereocenters. The van der Waals surface area contributed by atoms with Gasteiger partial charge in [0.2, 0.25) is 0 Å². The molecule has 0 spiro atoms. The minimum Gasteiger partial charge on any atom is -0.349 e. The fourth-order valence-electron chi connectivity index (χ4n) is 4.54. The molecular formula is C26H34N4O2. The van der Waals surface area contributed by atoms with E-state index in [9.17, 15) is 9.59 Å². The number of rotatable bonds is 7. The molecule has 6 nitrogen and oxygen atoms in total. The van der Waals surface area contributed by atoms with Crippen molar-refractivity contribution in [2.45, 2.75) is 84.2 Å². The van der Waals surface area contributed by atoms with Gasteiger partial charge in [0.25, 0.3) is 11.5 Å². The number of carbonyl (C=O) groups excluding carboxylic acids is 1. The van der Waals surface area contributed by atoms with Crippen LogP contribution in [0.4, 0.5) is 0 Å². The molecule has 170 valence electrons. The van der Waals surface area contributed by atoms with Crippen molar-refractivity contribution in [3.8, 4) is 11.3 Å². The lowest BCUT2D eigenvalue weighted by molar-refractivity contribution is 0.0930. The van der Waals surface area contributed by atoms with Crippen molar-refractivity contribution < 1.29 is 4.79 Å². The predicted octanol–water partition coefficient (Wildman–Crippen LogP) is 5.11. The fourth-order valence-corrected chi connectivity index (χ4v) is 4.54. The molecule has 6 heteroatoms. The van der Waals surface area contributed by atoms with Gasteiger partial charge in [-0.05, 0) is 26.2 Å². The standard InChI is InChI=1S/C26H34N4O2/c1-3-4-9-16-29-18-22(25(31)27-21-10-7-5-6-8-11-21)26(32)30-24(29)17-23(28-30)20-14-12-19(2)13-15-20/h12-15,17-18,21H,3-11,16H2,1-2H3,(H,27,31). The van der Waals surface area contributed by atoms with E-state index in [-0.39, 0.29) is 23.1 Å². The largest absolute Gasteiger partial charge is 0.349 e. The predicted molar refractivity (Wildman–Crippen MR) is 128 cm³/mol. The van der Waals surface area contributed by atoms with Crippen LogP contribution < -0.4 is 10.9 Å². The van der Waals surface area contributed by atoms with E-state index in [2.05, 4.69) is 17.3 Å². The van der Waals surface area contributed by atoms with Gasteiger partial charge in [0.05, 0.1) is 5.69 Å². The first-order valence-electron chi connectivity index (χ1n) is 12.1. The van der Waals surface area contributed by atoms with Gasteiger partial charge in [-0.2, -0.15) is 9.61 Å². The summed E-state index contributed by atoms with van der Waals surface area (Å²) in [7, 11) is 0. The zero-order valence-electron chi connectivity index (χ0n) is 19.3. The van der Waals surface area contributed by atoms with Crippen molar-refractivity contribution in [2.24, 2.45) is 0 Å². The van der Waals surface area contributed by atoms with Crippen LogP contribution in [0.2, 0.25) is 0 Å². The van der Waals surface area contributed by atoms with E-state index < -0.39 is 0 Å². The van der Waals surface area contributed by atoms with Gasteiger partial charge < -0.3 is 9.88 Å². The van der Waals surface area contributed by atoms with E-state index in [0.29, 0.717) is 0 Å². The Hall–Kier alpha value is -2.89. The molecule has 0 saturated heterocycles. The Kier molecular flexibility index (Phi) is 7.08. The van der Waals surface area contributed by atoms with Crippen LogP contribution >= 0.6 is 0 Å². The van der Waals surface area contributed by atoms with Gasteiger partial charge in [0.1, 0.15) is 11.2 Å². The summed E-state index contributed by atoms with van der Waals surface area (Å²) in [5.74, 6) is -0.277. The average molecular weight is 435 g/mol. The highest BCUT2D eigenvalue weighted by molar-refractivity contribution is 5.94. The lowest BCUT2D eigenvalue weighted by Gasteiger charge is -2.17. The van der Waals surface area contributed by atoms with Crippen LogP contribution in [0.5, 0.6) is 0 Å². The molecule has 1 aliphatic rings. The molecule has 1 aromatic carbocycles. The fraction of sp³-hybridized carbons (Fsp3) is 0.500. The molecule has 0 aliphatic heterocycles. The molecule has 1 fully saturated rings. The van der Waals surface area contributed by atoms with Crippen LogP contribution in [0.15, 0.2) is 41.3 Å². The zero-order chi connectivity index (χ0) is 22.5. The number of fused-ring (bicyclic) bond motifs is 1. The molecule has 1 amide bonds. The van der Waals surface area contributed by atoms with E-state index in [1.54, 1.807) is 6.20 Å². The van der Waals surface area contributed by atoms with Crippen LogP contribution in [0.1, 0.15) is 80.6 Å². The van der Waals surface area contributed by atoms with Crippen LogP contribution in [0, 0.1) is 6.92 Å². The normalized spacial score (nSPS) is 15.1. The van der Waals surface area contributed by atoms with Gasteiger partial charge >= 0.3 is 0 Å². The Balaban J connectivity index is 1.71. The van der Waals surface area contributed by atoms with Gasteiger partial charge in [-0.25, -0.2) is 0 Å². The molecule has 1 saturated carbocycles. The lowest BCUT2D eigenvalue weighted by Crippen LogP contribution is -2.38. The number of aromatic nitrogens is 3. The topological polar surface area (TPSA) is 68.4 Å². The number of aryl methyl sites for hydroxylation is 2. The Bertz CT molecular complexity index is 1120. The molecule has 0 radical (unpaired) electrons. The van der Waals surface area contributed by atoms with E-state index in [0.717, 1.165) is 68.4 Å². The third-order valence-corrected chi connectivity index (χ3v) is 6.48. The number of benzene rings is 1. The molecule has 2 heterocycles. The van der Waals surface area contributed by atoms with Crippen LogP contribution in [-0.2, 0) is 6.54 Å². The quantitative estimate of drug-likeness (QED) is 0.415. The van der Waals surface area contributed by atoms with Crippen LogP contribution in [0.25, 0.3) is 16.9 Å². The van der Waals surface area contributed by atoms with Gasteiger partial charge in [-0.3, -0.25) is 9.59 Å². The van der Waals surface area contributed by atoms with Gasteiger partial charge in [-0.15, -0.1) is 0 Å². The van der Waals surface area contributed by atoms with E-state index in [1.165, 1.54) is 22.9 Å². The van der Waals surface area contributed by atoms with E-state index in [1.807, 2.05) is 41.8 Å². The summed E-state index contributed by atoms with van der Waals surface area (Å²) >= 11 is 0. The maximum Gasteiger partial charge on any atom is 0.287 e. The number of carbonyl (C=O) groups is 1. The maximum atomic E-state index is 13.3. The summed E-state index contributed by atoms with van der Waals surface area (Å²) in [6.45, 7) is 4.96. The van der Waals surface area contributed by atoms with Crippen molar-refractivity contribution in [3.63, 3.8) is 0 Å². The van der Waals surface area contributed by atoms with Crippen molar-refractivity contribution in [1.82, 2.24) is 19.5 Å². The summed E-state index contributed by atoms with van der Waals surface area (Å²) in [6, 6.07) is 10.2. The minimum absolute atomic E-state index is 0.148. The summed E-state index contributed by atoms with van der Waals surface area (Å²) in [5.41, 5.74) is 3.44. The monoisotopic (exact) mass is 434 g/mol. The second kappa shape index (κ2) is 10.2. The minimum atomic E-state index is -0.351. The highest BCUT2D eigenvalue weighted by Crippen LogP contribution is 2.21. The van der Waals surface area contributed by atoms with Gasteiger partial charge in [0, 0.05) is 30.4 Å². The first-order valence-corrected chi connectivity index (χ1v) is 12.1. The third kappa shape index (κ3) is 4.95. The van der Waals surface area contributed by atoms with Crippen molar-refractivity contribution in [3.05, 3.63) is 58.0 Å². The molecule has 2 aromatic heterocycles. The lowest BCUT2D eigenvalue weighted by atomic mass is 10.1. The second-order valence-electron chi connectivity index (χ2n) is 9.08. The number of amides is 1. The molecule has 3 aromatic rings. The Morgan fingerprint density at radius 1 is 1.09 bits per heavy atom. The summed E-state index contributed by atoms with van der Waals surface area (Å²) < 4.78 is 3.42. The first-order chi connectivity index (χ1) is 15.6. The Labute approximate surface area is 189 Å². The molecular weight excluding hydrogens is 400 g/mol. The number of nitrogens with zero attached hydrogens (tertiary/aromatic N) is 3. The number of unbranched alkanes of at least 4 members (excludes halogenated alkanes) is 2. The summed E-state index contributed by atoms with van der Waals surface area (Å²) in [6.07, 6.45) is 11.6. The summed E-state index contributed by atoms with van der Waals surface area (Å²) in [4.78, 5) is 26.4. The van der Waals surface area contributed by atoms with Crippen LogP contribution in [-0.4, -0.2) is 26.1 Å². The van der Waals surface area contributed by atoms with Crippen LogP contribution in [0.3, 0.4) is 0 Å². The smallest absolute Gasteiger partial charge is 0.287 e. The van der Waals surface area contributed by atoms with E-state index in [4.69, 9.17) is 0 Å². The Morgan fingerprint density at radius 3 is 2.50 bits per heavy atom. The molecule has 32 heavy (non-hydrogen) atoms. The molecule has 0 atom stereocenters. The third-order valence-electron chi connectivity index (χ3n) is 6.48. The SMILES string of the molecule is CCCCCn1cc(C(=O)NC2CCCCCC2)c(=O)n2nc(-c3ccc(C)cc3)cc12. The van der Waals surface area contributed by atoms with Gasteiger partial charge in [-0.1, -0.05) is 75.3 Å². The summed E-state index contributed by atoms with van der Waals surface area (Å²) in [5, 5.41) is 7.74. The molecule has 1 N–H and O–H groups in total. The first kappa shape index (κ1) is 22.3.